The lowest BCUT2D eigenvalue weighted by Gasteiger charge is -2.22. The van der Waals surface area contributed by atoms with Gasteiger partial charge in [-0.15, -0.1) is 0 Å². The molecule has 5 rings (SSSR count). The Bertz CT molecular complexity index is 1570. The number of aryl methyl sites for hydroxylation is 3. The molecule has 0 amide bonds. The fraction of sp³-hybridized carbons (Fsp3) is 0.300. The number of nitro groups is 1. The van der Waals surface area contributed by atoms with Crippen LogP contribution >= 0.6 is 0 Å². The van der Waals surface area contributed by atoms with Gasteiger partial charge in [0.15, 0.2) is 35.7 Å². The van der Waals surface area contributed by atoms with E-state index in [9.17, 15) is 10.1 Å². The maximum atomic E-state index is 11.4. The molecular weight excluding hydrogens is 611 g/mol. The van der Waals surface area contributed by atoms with Gasteiger partial charge in [-0.25, -0.2) is 0 Å². The highest BCUT2D eigenvalue weighted by molar-refractivity contribution is 5.95. The molecule has 1 aliphatic rings. The van der Waals surface area contributed by atoms with Crippen molar-refractivity contribution in [2.24, 2.45) is 0 Å². The molecule has 0 aliphatic carbocycles. The third-order valence-corrected chi connectivity index (χ3v) is 7.39. The van der Waals surface area contributed by atoms with Crippen LogP contribution in [0.2, 0.25) is 0 Å². The van der Waals surface area contributed by atoms with Crippen molar-refractivity contribution in [2.45, 2.75) is 39.8 Å². The number of hydrogen-bond donors (Lipinski definition) is 0. The van der Waals surface area contributed by atoms with Crippen molar-refractivity contribution in [3.63, 3.8) is 0 Å². The summed E-state index contributed by atoms with van der Waals surface area (Å²) in [6, 6.07) is 13.2. The second kappa shape index (κ2) is 11.6. The zero-order valence-corrected chi connectivity index (χ0v) is 24.8. The van der Waals surface area contributed by atoms with Gasteiger partial charge in [0.05, 0.1) is 37.2 Å². The molecule has 0 radical (unpaired) electrons. The Morgan fingerprint density at radius 2 is 1.69 bits per heavy atom. The standard InChI is InChI=1S/C30H31N2O6.HI/c1-6-21-22-10-11-26(35-3)30(38-17-20-8-7-9-25(18(20)2)32(33)34)24(22)16-31-13-12-19-14-27(36-4)28(37-5)15-23(19)29(21)31;/h7-11,14-16H,6,12-13,17H2,1-5H3;1H/q+1;/p-1. The summed E-state index contributed by atoms with van der Waals surface area (Å²) < 4.78 is 25.5. The second-order valence-electron chi connectivity index (χ2n) is 9.28. The Kier molecular flexibility index (Phi) is 8.48. The van der Waals surface area contributed by atoms with E-state index in [1.807, 2.05) is 12.1 Å². The van der Waals surface area contributed by atoms with E-state index < -0.39 is 0 Å². The number of aromatic nitrogens is 1. The Labute approximate surface area is 244 Å². The van der Waals surface area contributed by atoms with E-state index in [-0.39, 0.29) is 41.2 Å². The van der Waals surface area contributed by atoms with Gasteiger partial charge in [-0.1, -0.05) is 19.1 Å². The van der Waals surface area contributed by atoms with Gasteiger partial charge >= 0.3 is 0 Å². The van der Waals surface area contributed by atoms with Gasteiger partial charge in [0.2, 0.25) is 5.69 Å². The zero-order valence-electron chi connectivity index (χ0n) is 22.7. The highest BCUT2D eigenvalue weighted by Crippen LogP contribution is 2.43. The predicted octanol–water partition coefficient (Wildman–Crippen LogP) is 2.74. The molecule has 0 spiro atoms. The molecule has 0 N–H and O–H groups in total. The van der Waals surface area contributed by atoms with Gasteiger partial charge < -0.3 is 42.9 Å². The Morgan fingerprint density at radius 1 is 0.974 bits per heavy atom. The largest absolute Gasteiger partial charge is 1.00 e. The normalized spacial score (nSPS) is 11.7. The van der Waals surface area contributed by atoms with Crippen LogP contribution in [0.5, 0.6) is 23.0 Å². The molecule has 0 atom stereocenters. The first-order chi connectivity index (χ1) is 18.4. The van der Waals surface area contributed by atoms with Crippen LogP contribution in [0.4, 0.5) is 5.69 Å². The van der Waals surface area contributed by atoms with Crippen molar-refractivity contribution in [2.75, 3.05) is 21.3 Å². The molecule has 2 heterocycles. The summed E-state index contributed by atoms with van der Waals surface area (Å²) in [6.45, 7) is 4.90. The summed E-state index contributed by atoms with van der Waals surface area (Å²) in [5.41, 5.74) is 6.16. The van der Waals surface area contributed by atoms with Crippen molar-refractivity contribution < 1.29 is 52.4 Å². The van der Waals surface area contributed by atoms with Gasteiger partial charge in [0.25, 0.3) is 5.69 Å². The average Bonchev–Trinajstić information content (AvgIpc) is 2.94. The molecule has 204 valence electrons. The number of nitro benzene ring substituents is 1. The molecule has 1 aliphatic heterocycles. The molecule has 0 fully saturated rings. The number of methoxy groups -OCH3 is 3. The molecular formula is C30H31IN2O6. The number of pyridine rings is 1. The van der Waals surface area contributed by atoms with E-state index in [2.05, 4.69) is 35.9 Å². The molecule has 0 saturated heterocycles. The minimum absolute atomic E-state index is 0. The minimum Gasteiger partial charge on any atom is -1.00 e. The number of rotatable bonds is 8. The highest BCUT2D eigenvalue weighted by Gasteiger charge is 2.31. The monoisotopic (exact) mass is 642 g/mol. The summed E-state index contributed by atoms with van der Waals surface area (Å²) in [5, 5.41) is 13.4. The highest BCUT2D eigenvalue weighted by atomic mass is 127. The van der Waals surface area contributed by atoms with Crippen LogP contribution < -0.4 is 47.5 Å². The number of halogens is 1. The van der Waals surface area contributed by atoms with Crippen LogP contribution in [0, 0.1) is 17.0 Å². The van der Waals surface area contributed by atoms with Crippen LogP contribution in [0.1, 0.15) is 29.2 Å². The van der Waals surface area contributed by atoms with Crippen molar-refractivity contribution in [1.29, 1.82) is 0 Å². The molecule has 9 heteroatoms. The van der Waals surface area contributed by atoms with E-state index >= 15 is 0 Å². The first kappa shape index (κ1) is 28.4. The summed E-state index contributed by atoms with van der Waals surface area (Å²) >= 11 is 0. The first-order valence-corrected chi connectivity index (χ1v) is 12.6. The van der Waals surface area contributed by atoms with Crippen LogP contribution in [-0.2, 0) is 26.0 Å². The Hall–Kier alpha value is -3.60. The van der Waals surface area contributed by atoms with Crippen molar-refractivity contribution in [1.82, 2.24) is 0 Å². The summed E-state index contributed by atoms with van der Waals surface area (Å²) in [4.78, 5) is 11.1. The van der Waals surface area contributed by atoms with Crippen molar-refractivity contribution in [3.8, 4) is 34.3 Å². The fourth-order valence-electron chi connectivity index (χ4n) is 5.42. The maximum absolute atomic E-state index is 11.4. The molecule has 3 aromatic carbocycles. The van der Waals surface area contributed by atoms with E-state index in [4.69, 9.17) is 18.9 Å². The molecule has 39 heavy (non-hydrogen) atoms. The van der Waals surface area contributed by atoms with E-state index in [0.717, 1.165) is 52.7 Å². The van der Waals surface area contributed by atoms with E-state index in [1.165, 1.54) is 17.2 Å². The predicted molar refractivity (Wildman–Crippen MR) is 144 cm³/mol. The third-order valence-electron chi connectivity index (χ3n) is 7.39. The van der Waals surface area contributed by atoms with Crippen LogP contribution in [0.3, 0.4) is 0 Å². The molecule has 0 unspecified atom stereocenters. The Balaban J connectivity index is 0.00000353. The molecule has 0 saturated carbocycles. The smallest absolute Gasteiger partial charge is 0.272 e. The third kappa shape index (κ3) is 4.95. The lowest BCUT2D eigenvalue weighted by Crippen LogP contribution is -3.00. The Morgan fingerprint density at radius 3 is 2.36 bits per heavy atom. The van der Waals surface area contributed by atoms with E-state index in [0.29, 0.717) is 22.8 Å². The fourth-order valence-corrected chi connectivity index (χ4v) is 5.42. The summed E-state index contributed by atoms with van der Waals surface area (Å²) in [6.07, 6.45) is 3.80. The van der Waals surface area contributed by atoms with Gasteiger partial charge in [-0.3, -0.25) is 10.1 Å². The topological polar surface area (TPSA) is 83.9 Å². The SMILES string of the molecule is CCc1c2[n+](cc3c(OCc4cccc([N+](=O)[O-])c4C)c(OC)ccc13)CCc1cc(OC)c(OC)cc1-2.[I-]. The number of ether oxygens (including phenoxy) is 4. The lowest BCUT2D eigenvalue weighted by atomic mass is 9.90. The number of hydrogen-bond acceptors (Lipinski definition) is 6. The van der Waals surface area contributed by atoms with Crippen molar-refractivity contribution >= 4 is 16.5 Å². The molecule has 8 nitrogen and oxygen atoms in total. The lowest BCUT2D eigenvalue weighted by molar-refractivity contribution is -0.686. The number of fused-ring (bicyclic) bond motifs is 4. The summed E-state index contributed by atoms with van der Waals surface area (Å²) in [5.74, 6) is 2.67. The average molecular weight is 642 g/mol. The quantitative estimate of drug-likeness (QED) is 0.127. The van der Waals surface area contributed by atoms with Crippen molar-refractivity contribution in [3.05, 3.63) is 81.0 Å². The number of nitrogens with zero attached hydrogens (tertiary/aromatic N) is 2. The van der Waals surface area contributed by atoms with Gasteiger partial charge in [0, 0.05) is 29.0 Å². The zero-order chi connectivity index (χ0) is 27.0. The molecule has 1 aromatic heterocycles. The van der Waals surface area contributed by atoms with E-state index in [1.54, 1.807) is 34.3 Å². The second-order valence-corrected chi connectivity index (χ2v) is 9.28. The van der Waals surface area contributed by atoms with Crippen LogP contribution in [0.15, 0.2) is 48.7 Å². The first-order valence-electron chi connectivity index (χ1n) is 12.6. The van der Waals surface area contributed by atoms with Crippen LogP contribution in [-0.4, -0.2) is 26.3 Å². The molecule has 4 aromatic rings. The van der Waals surface area contributed by atoms with Crippen LogP contribution in [0.25, 0.3) is 22.0 Å². The minimum atomic E-state index is -0.365. The maximum Gasteiger partial charge on any atom is 0.272 e. The number of benzene rings is 3. The van der Waals surface area contributed by atoms with Gasteiger partial charge in [0.1, 0.15) is 6.61 Å². The molecule has 0 bridgehead atoms. The summed E-state index contributed by atoms with van der Waals surface area (Å²) in [7, 11) is 4.93. The van der Waals surface area contributed by atoms with Gasteiger partial charge in [-0.2, -0.15) is 4.57 Å². The van der Waals surface area contributed by atoms with Gasteiger partial charge in [-0.05, 0) is 48.7 Å².